The molecule has 0 aromatic heterocycles. The normalized spacial score (nSPS) is 11.4. The second kappa shape index (κ2) is 6.50. The van der Waals surface area contributed by atoms with Crippen LogP contribution in [0.1, 0.15) is 10.4 Å². The van der Waals surface area contributed by atoms with Gasteiger partial charge in [0.25, 0.3) is 5.69 Å². The second-order valence-corrected chi connectivity index (χ2v) is 6.62. The molecule has 0 radical (unpaired) electrons. The van der Waals surface area contributed by atoms with Crippen molar-refractivity contribution < 1.29 is 23.2 Å². The molecule has 0 saturated carbocycles. The molecule has 0 aliphatic rings. The number of carboxylic acids is 1. The van der Waals surface area contributed by atoms with E-state index in [-0.39, 0.29) is 29.2 Å². The Morgan fingerprint density at radius 1 is 1.43 bits per heavy atom. The summed E-state index contributed by atoms with van der Waals surface area (Å²) in [5.41, 5.74) is -0.507. The lowest BCUT2D eigenvalue weighted by atomic mass is 10.1. The Kier molecular flexibility index (Phi) is 5.22. The van der Waals surface area contributed by atoms with Gasteiger partial charge in [-0.25, -0.2) is 17.5 Å². The number of nitrogens with one attached hydrogen (secondary N) is 1. The maximum Gasteiger partial charge on any atom is 0.338 e. The summed E-state index contributed by atoms with van der Waals surface area (Å²) in [6.45, 7) is -0.0153. The highest BCUT2D eigenvalue weighted by Gasteiger charge is 2.17. The van der Waals surface area contributed by atoms with Crippen molar-refractivity contribution in [2.45, 2.75) is 0 Å². The number of non-ortho nitro benzene ring substituents is 1. The molecule has 0 aliphatic carbocycles. The van der Waals surface area contributed by atoms with E-state index in [0.717, 1.165) is 16.4 Å². The summed E-state index contributed by atoms with van der Waals surface area (Å²) in [6, 6.07) is 3.31. The third-order valence-corrected chi connectivity index (χ3v) is 4.51. The Morgan fingerprint density at radius 2 is 2.05 bits per heavy atom. The van der Waals surface area contributed by atoms with Crippen molar-refractivity contribution in [2.24, 2.45) is 0 Å². The topological polar surface area (TPSA) is 130 Å². The number of hydrogen-bond donors (Lipinski definition) is 2. The first-order chi connectivity index (χ1) is 9.65. The maximum atomic E-state index is 11.6. The first kappa shape index (κ1) is 16.9. The molecule has 9 nitrogen and oxygen atoms in total. The van der Waals surface area contributed by atoms with Crippen molar-refractivity contribution in [2.75, 3.05) is 31.7 Å². The van der Waals surface area contributed by atoms with Crippen molar-refractivity contribution in [3.63, 3.8) is 0 Å². The predicted molar refractivity (Wildman–Crippen MR) is 76.0 cm³/mol. The van der Waals surface area contributed by atoms with Crippen LogP contribution in [0.15, 0.2) is 18.2 Å². The Hall–Kier alpha value is -2.20. The number of nitro benzene ring substituents is 1. The van der Waals surface area contributed by atoms with Crippen LogP contribution in [-0.4, -0.2) is 55.1 Å². The number of carbonyl (C=O) groups is 1. The van der Waals surface area contributed by atoms with Gasteiger partial charge in [-0.3, -0.25) is 10.1 Å². The van der Waals surface area contributed by atoms with Gasteiger partial charge in [0, 0.05) is 38.5 Å². The van der Waals surface area contributed by atoms with Crippen LogP contribution in [0.2, 0.25) is 0 Å². The van der Waals surface area contributed by atoms with Crippen LogP contribution < -0.4 is 5.32 Å². The highest BCUT2D eigenvalue weighted by molar-refractivity contribution is 7.89. The molecule has 1 aromatic rings. The Morgan fingerprint density at radius 3 is 2.52 bits per heavy atom. The van der Waals surface area contributed by atoms with Crippen molar-refractivity contribution in [1.29, 1.82) is 0 Å². The lowest BCUT2D eigenvalue weighted by Gasteiger charge is -2.13. The van der Waals surface area contributed by atoms with E-state index in [1.807, 2.05) is 0 Å². The van der Waals surface area contributed by atoms with E-state index in [0.29, 0.717) is 0 Å². The number of nitrogens with zero attached hydrogens (tertiary/aromatic N) is 2. The zero-order valence-electron chi connectivity index (χ0n) is 11.4. The zero-order chi connectivity index (χ0) is 16.2. The summed E-state index contributed by atoms with van der Waals surface area (Å²) in [4.78, 5) is 21.0. The highest BCUT2D eigenvalue weighted by Crippen LogP contribution is 2.22. The lowest BCUT2D eigenvalue weighted by Crippen LogP contribution is -2.28. The molecule has 0 unspecified atom stereocenters. The SMILES string of the molecule is CN(C)S(=O)(=O)CCNc1ccc([N+](=O)[O-])cc1C(=O)O. The number of benzene rings is 1. The van der Waals surface area contributed by atoms with Crippen LogP contribution in [0.25, 0.3) is 0 Å². The molecule has 10 heteroatoms. The number of rotatable bonds is 7. The van der Waals surface area contributed by atoms with Crippen LogP contribution in [-0.2, 0) is 10.0 Å². The summed E-state index contributed by atoms with van der Waals surface area (Å²) in [6.07, 6.45) is 0. The van der Waals surface area contributed by atoms with E-state index < -0.39 is 20.9 Å². The summed E-state index contributed by atoms with van der Waals surface area (Å²) in [7, 11) is -0.622. The van der Waals surface area contributed by atoms with Gasteiger partial charge in [-0.05, 0) is 6.07 Å². The fraction of sp³-hybridized carbons (Fsp3) is 0.364. The van der Waals surface area contributed by atoms with Gasteiger partial charge in [0.15, 0.2) is 0 Å². The van der Waals surface area contributed by atoms with E-state index in [1.54, 1.807) is 0 Å². The molecule has 2 N–H and O–H groups in total. The first-order valence-corrected chi connectivity index (χ1v) is 7.42. The molecular weight excluding hydrogens is 302 g/mol. The number of nitro groups is 1. The Balaban J connectivity index is 2.89. The highest BCUT2D eigenvalue weighted by atomic mass is 32.2. The van der Waals surface area contributed by atoms with Crippen LogP contribution in [0.3, 0.4) is 0 Å². The minimum absolute atomic E-state index is 0.0153. The van der Waals surface area contributed by atoms with E-state index in [9.17, 15) is 23.3 Å². The summed E-state index contributed by atoms with van der Waals surface area (Å²) in [5, 5.41) is 22.3. The fourth-order valence-electron chi connectivity index (χ4n) is 1.47. The fourth-order valence-corrected chi connectivity index (χ4v) is 2.20. The quantitative estimate of drug-likeness (QED) is 0.556. The standard InChI is InChI=1S/C11H15N3O6S/c1-13(2)21(19,20)6-5-12-10-4-3-8(14(17)18)7-9(10)11(15)16/h3-4,7,12H,5-6H2,1-2H3,(H,15,16). The molecular formula is C11H15N3O6S. The summed E-state index contributed by atoms with van der Waals surface area (Å²) >= 11 is 0. The first-order valence-electron chi connectivity index (χ1n) is 5.81. The van der Waals surface area contributed by atoms with Crippen LogP contribution in [0, 0.1) is 10.1 Å². The number of hydrogen-bond acceptors (Lipinski definition) is 6. The maximum absolute atomic E-state index is 11.6. The minimum atomic E-state index is -3.41. The molecule has 0 heterocycles. The van der Waals surface area contributed by atoms with Crippen LogP contribution >= 0.6 is 0 Å². The lowest BCUT2D eigenvalue weighted by molar-refractivity contribution is -0.384. The van der Waals surface area contributed by atoms with Crippen LogP contribution in [0.5, 0.6) is 0 Å². The largest absolute Gasteiger partial charge is 0.478 e. The van der Waals surface area contributed by atoms with Crippen molar-refractivity contribution in [1.82, 2.24) is 4.31 Å². The van der Waals surface area contributed by atoms with Gasteiger partial charge in [-0.15, -0.1) is 0 Å². The van der Waals surface area contributed by atoms with Gasteiger partial charge in [-0.1, -0.05) is 0 Å². The zero-order valence-corrected chi connectivity index (χ0v) is 12.3. The molecule has 0 bridgehead atoms. The van der Waals surface area contributed by atoms with Crippen molar-refractivity contribution in [3.05, 3.63) is 33.9 Å². The molecule has 0 fully saturated rings. The summed E-state index contributed by atoms with van der Waals surface area (Å²) < 4.78 is 24.2. The minimum Gasteiger partial charge on any atom is -0.478 e. The van der Waals surface area contributed by atoms with E-state index in [4.69, 9.17) is 5.11 Å². The number of anilines is 1. The smallest absolute Gasteiger partial charge is 0.338 e. The third kappa shape index (κ3) is 4.39. The Labute approximate surface area is 121 Å². The number of sulfonamides is 1. The monoisotopic (exact) mass is 317 g/mol. The Bertz CT molecular complexity index is 656. The van der Waals surface area contributed by atoms with Gasteiger partial charge < -0.3 is 10.4 Å². The molecule has 0 amide bonds. The third-order valence-electron chi connectivity index (χ3n) is 2.68. The van der Waals surface area contributed by atoms with Gasteiger partial charge in [-0.2, -0.15) is 0 Å². The summed E-state index contributed by atoms with van der Waals surface area (Å²) in [5.74, 6) is -1.56. The van der Waals surface area contributed by atoms with Gasteiger partial charge in [0.2, 0.25) is 10.0 Å². The molecule has 1 rings (SSSR count). The number of carboxylic acid groups (broad SMARTS) is 1. The van der Waals surface area contributed by atoms with Gasteiger partial charge >= 0.3 is 5.97 Å². The molecule has 21 heavy (non-hydrogen) atoms. The predicted octanol–water partition coefficient (Wildman–Crippen LogP) is 0.596. The second-order valence-electron chi connectivity index (χ2n) is 4.32. The number of aromatic carboxylic acids is 1. The van der Waals surface area contributed by atoms with Crippen molar-refractivity contribution in [3.8, 4) is 0 Å². The van der Waals surface area contributed by atoms with Gasteiger partial charge in [0.1, 0.15) is 0 Å². The van der Waals surface area contributed by atoms with Crippen LogP contribution in [0.4, 0.5) is 11.4 Å². The molecule has 116 valence electrons. The van der Waals surface area contributed by atoms with Crippen molar-refractivity contribution >= 4 is 27.4 Å². The average molecular weight is 317 g/mol. The molecule has 0 aliphatic heterocycles. The van der Waals surface area contributed by atoms with E-state index in [2.05, 4.69) is 5.32 Å². The average Bonchev–Trinajstić information content (AvgIpc) is 2.38. The molecule has 0 atom stereocenters. The van der Waals surface area contributed by atoms with E-state index >= 15 is 0 Å². The molecule has 1 aromatic carbocycles. The van der Waals surface area contributed by atoms with E-state index in [1.165, 1.54) is 20.2 Å². The molecule has 0 spiro atoms. The van der Waals surface area contributed by atoms with Gasteiger partial charge in [0.05, 0.1) is 16.2 Å². The molecule has 0 saturated heterocycles.